The predicted molar refractivity (Wildman–Crippen MR) is 77.0 cm³/mol. The summed E-state index contributed by atoms with van der Waals surface area (Å²) < 4.78 is 32.3. The van der Waals surface area contributed by atoms with Crippen molar-refractivity contribution < 1.29 is 18.3 Å². The molecule has 0 aliphatic carbocycles. The van der Waals surface area contributed by atoms with Gasteiger partial charge in [0.25, 0.3) is 0 Å². The van der Waals surface area contributed by atoms with Gasteiger partial charge in [0.15, 0.2) is 0 Å². The Balaban J connectivity index is 2.34. The lowest BCUT2D eigenvalue weighted by Crippen LogP contribution is -2.50. The van der Waals surface area contributed by atoms with E-state index < -0.39 is 10.0 Å². The summed E-state index contributed by atoms with van der Waals surface area (Å²) in [6, 6.07) is 1.25. The predicted octanol–water partition coefficient (Wildman–Crippen LogP) is 0.223. The molecule has 1 aliphatic heterocycles. The third-order valence-electron chi connectivity index (χ3n) is 3.18. The molecule has 2 rings (SSSR count). The minimum Gasteiger partial charge on any atom is -0.384 e. The fraction of sp³-hybridized carbons (Fsp3) is 0.500. The molecule has 1 aromatic rings. The van der Waals surface area contributed by atoms with Crippen LogP contribution in [0.5, 0.6) is 0 Å². The lowest BCUT2D eigenvalue weighted by Gasteiger charge is -2.35. The first-order chi connectivity index (χ1) is 9.95. The second-order valence-electron chi connectivity index (χ2n) is 4.94. The smallest absolute Gasteiger partial charge is 0.245 e. The van der Waals surface area contributed by atoms with E-state index in [1.54, 1.807) is 0 Å². The van der Waals surface area contributed by atoms with Gasteiger partial charge in [-0.05, 0) is 19.9 Å². The number of pyridine rings is 1. The molecular formula is C14H18N2O4S. The number of hydrogen-bond acceptors (Lipinski definition) is 5. The molecule has 0 amide bonds. The van der Waals surface area contributed by atoms with E-state index in [0.717, 1.165) is 0 Å². The van der Waals surface area contributed by atoms with E-state index in [0.29, 0.717) is 18.7 Å². The zero-order valence-corrected chi connectivity index (χ0v) is 12.8. The van der Waals surface area contributed by atoms with Crippen LogP contribution in [0.15, 0.2) is 23.4 Å². The number of rotatable bonds is 2. The molecule has 0 radical (unpaired) electrons. The normalized spacial score (nSPS) is 23.4. The summed E-state index contributed by atoms with van der Waals surface area (Å²) in [7, 11) is -3.63. The molecule has 114 valence electrons. The zero-order valence-electron chi connectivity index (χ0n) is 12.0. The molecule has 1 aliphatic rings. The minimum absolute atomic E-state index is 0.105. The number of ether oxygens (including phenoxy) is 1. The lowest BCUT2D eigenvalue weighted by atomic mass is 10.2. The van der Waals surface area contributed by atoms with Crippen molar-refractivity contribution in [2.24, 2.45) is 0 Å². The summed E-state index contributed by atoms with van der Waals surface area (Å²) in [6.07, 6.45) is 2.64. The van der Waals surface area contributed by atoms with Gasteiger partial charge in [-0.25, -0.2) is 8.42 Å². The molecule has 1 fully saturated rings. The lowest BCUT2D eigenvalue weighted by molar-refractivity contribution is -0.0170. The second-order valence-corrected chi connectivity index (χ2v) is 6.83. The molecule has 2 unspecified atom stereocenters. The van der Waals surface area contributed by atoms with Crippen molar-refractivity contribution in [2.45, 2.75) is 30.9 Å². The number of hydrogen-bond donors (Lipinski definition) is 1. The Labute approximate surface area is 124 Å². The van der Waals surface area contributed by atoms with Crippen LogP contribution in [0.3, 0.4) is 0 Å². The van der Waals surface area contributed by atoms with E-state index in [-0.39, 0.29) is 23.6 Å². The Morgan fingerprint density at radius 2 is 2.24 bits per heavy atom. The van der Waals surface area contributed by atoms with E-state index in [4.69, 9.17) is 9.84 Å². The Hall–Kier alpha value is -1.46. The van der Waals surface area contributed by atoms with Crippen LogP contribution in [0.25, 0.3) is 0 Å². The first-order valence-electron chi connectivity index (χ1n) is 6.63. The van der Waals surface area contributed by atoms with Gasteiger partial charge in [-0.15, -0.1) is 0 Å². The van der Waals surface area contributed by atoms with Crippen molar-refractivity contribution in [3.05, 3.63) is 24.0 Å². The van der Waals surface area contributed by atoms with E-state index in [1.807, 2.05) is 13.8 Å². The topological polar surface area (TPSA) is 79.7 Å². The summed E-state index contributed by atoms with van der Waals surface area (Å²) >= 11 is 0. The van der Waals surface area contributed by atoms with E-state index >= 15 is 0 Å². The van der Waals surface area contributed by atoms with Crippen LogP contribution in [0, 0.1) is 11.8 Å². The Bertz CT molecular complexity index is 663. The maximum Gasteiger partial charge on any atom is 0.245 e. The van der Waals surface area contributed by atoms with Gasteiger partial charge >= 0.3 is 0 Å². The third kappa shape index (κ3) is 3.60. The van der Waals surface area contributed by atoms with Gasteiger partial charge in [0.1, 0.15) is 11.5 Å². The number of sulfonamides is 1. The van der Waals surface area contributed by atoms with Gasteiger partial charge in [-0.1, -0.05) is 11.8 Å². The van der Waals surface area contributed by atoms with E-state index in [1.165, 1.54) is 22.8 Å². The van der Waals surface area contributed by atoms with Crippen LogP contribution >= 0.6 is 0 Å². The van der Waals surface area contributed by atoms with Crippen LogP contribution in [0.1, 0.15) is 19.4 Å². The fourth-order valence-corrected chi connectivity index (χ4v) is 3.79. The summed E-state index contributed by atoms with van der Waals surface area (Å²) in [5.74, 6) is 5.14. The van der Waals surface area contributed by atoms with Crippen molar-refractivity contribution in [3.63, 3.8) is 0 Å². The molecule has 2 atom stereocenters. The Morgan fingerprint density at radius 1 is 1.48 bits per heavy atom. The average Bonchev–Trinajstić information content (AvgIpc) is 2.48. The maximum absolute atomic E-state index is 12.7. The molecule has 0 aromatic carbocycles. The molecule has 2 heterocycles. The summed E-state index contributed by atoms with van der Waals surface area (Å²) in [5, 5.41) is 8.69. The number of aliphatic hydroxyl groups excluding tert-OH is 1. The van der Waals surface area contributed by atoms with Gasteiger partial charge in [-0.2, -0.15) is 4.31 Å². The van der Waals surface area contributed by atoms with Crippen LogP contribution in [-0.2, 0) is 14.8 Å². The van der Waals surface area contributed by atoms with E-state index in [2.05, 4.69) is 16.8 Å². The SMILES string of the molecule is CC1CN(S(=O)(=O)c2cncc(C#CCO)c2)C(C)CO1. The van der Waals surface area contributed by atoms with Gasteiger partial charge in [0.05, 0.1) is 12.7 Å². The molecule has 1 N–H and O–H groups in total. The first-order valence-corrected chi connectivity index (χ1v) is 8.07. The number of nitrogens with zero attached hydrogens (tertiary/aromatic N) is 2. The molecule has 7 heteroatoms. The Morgan fingerprint density at radius 3 is 2.95 bits per heavy atom. The summed E-state index contributed by atoms with van der Waals surface area (Å²) in [5.41, 5.74) is 0.457. The molecule has 21 heavy (non-hydrogen) atoms. The highest BCUT2D eigenvalue weighted by Crippen LogP contribution is 2.22. The minimum atomic E-state index is -3.63. The molecule has 0 bridgehead atoms. The highest BCUT2D eigenvalue weighted by atomic mass is 32.2. The molecular weight excluding hydrogens is 292 g/mol. The quantitative estimate of drug-likeness (QED) is 0.791. The highest BCUT2D eigenvalue weighted by Gasteiger charge is 2.34. The van der Waals surface area contributed by atoms with Gasteiger partial charge in [0.2, 0.25) is 10.0 Å². The van der Waals surface area contributed by atoms with Gasteiger partial charge in [0, 0.05) is 30.5 Å². The van der Waals surface area contributed by atoms with Crippen LogP contribution < -0.4 is 0 Å². The first kappa shape index (κ1) is 15.9. The summed E-state index contributed by atoms with van der Waals surface area (Å²) in [4.78, 5) is 4.03. The largest absolute Gasteiger partial charge is 0.384 e. The van der Waals surface area contributed by atoms with Crippen molar-refractivity contribution in [1.82, 2.24) is 9.29 Å². The van der Waals surface area contributed by atoms with E-state index in [9.17, 15) is 8.42 Å². The van der Waals surface area contributed by atoms with Crippen molar-refractivity contribution >= 4 is 10.0 Å². The monoisotopic (exact) mass is 310 g/mol. The fourth-order valence-electron chi connectivity index (χ4n) is 2.11. The van der Waals surface area contributed by atoms with Gasteiger partial charge < -0.3 is 9.84 Å². The highest BCUT2D eigenvalue weighted by molar-refractivity contribution is 7.89. The number of aliphatic hydroxyl groups is 1. The zero-order chi connectivity index (χ0) is 15.5. The Kier molecular flexibility index (Phi) is 4.96. The maximum atomic E-state index is 12.7. The average molecular weight is 310 g/mol. The second kappa shape index (κ2) is 6.54. The summed E-state index contributed by atoms with van der Waals surface area (Å²) in [6.45, 7) is 4.06. The van der Waals surface area contributed by atoms with Crippen molar-refractivity contribution in [1.29, 1.82) is 0 Å². The molecule has 0 spiro atoms. The number of aromatic nitrogens is 1. The molecule has 1 aromatic heterocycles. The van der Waals surface area contributed by atoms with Gasteiger partial charge in [-0.3, -0.25) is 4.98 Å². The standard InChI is InChI=1S/C14H18N2O4S/c1-11-10-20-12(2)9-16(11)21(18,19)14-6-13(4-3-5-17)7-15-8-14/h6-8,11-12,17H,5,9-10H2,1-2H3. The van der Waals surface area contributed by atoms with Crippen LogP contribution in [0.4, 0.5) is 0 Å². The third-order valence-corrected chi connectivity index (χ3v) is 5.13. The molecule has 6 nitrogen and oxygen atoms in total. The molecule has 0 saturated carbocycles. The molecule has 1 saturated heterocycles. The van der Waals surface area contributed by atoms with Crippen LogP contribution in [0.2, 0.25) is 0 Å². The number of morpholine rings is 1. The van der Waals surface area contributed by atoms with Crippen molar-refractivity contribution in [2.75, 3.05) is 19.8 Å². The van der Waals surface area contributed by atoms with Crippen LogP contribution in [-0.4, -0.2) is 54.7 Å². The van der Waals surface area contributed by atoms with Crippen molar-refractivity contribution in [3.8, 4) is 11.8 Å².